The molecule has 1 aliphatic heterocycles. The molecule has 2 unspecified atom stereocenters. The first-order valence-electron chi connectivity index (χ1n) is 7.46. The lowest BCUT2D eigenvalue weighted by molar-refractivity contribution is 0.378. The Hall–Kier alpha value is -1.69. The van der Waals surface area contributed by atoms with Crippen LogP contribution in [-0.2, 0) is 0 Å². The van der Waals surface area contributed by atoms with E-state index in [0.717, 1.165) is 13.1 Å². The number of fused-ring (bicyclic) bond motifs is 3. The molecule has 0 aromatic carbocycles. The van der Waals surface area contributed by atoms with Gasteiger partial charge in [0.25, 0.3) is 0 Å². The molecule has 2 bridgehead atoms. The summed E-state index contributed by atoms with van der Waals surface area (Å²) in [6.45, 7) is 1.88. The van der Waals surface area contributed by atoms with Crippen LogP contribution in [0, 0.1) is 17.7 Å². The van der Waals surface area contributed by atoms with Crippen LogP contribution in [-0.4, -0.2) is 35.2 Å². The summed E-state index contributed by atoms with van der Waals surface area (Å²) in [4.78, 5) is 14.7. The summed E-state index contributed by atoms with van der Waals surface area (Å²) in [6.07, 6.45) is 5.36. The average molecular weight is 323 g/mol. The lowest BCUT2D eigenvalue weighted by atomic mass is 9.99. The van der Waals surface area contributed by atoms with Crippen LogP contribution in [0.3, 0.4) is 0 Å². The van der Waals surface area contributed by atoms with Gasteiger partial charge in [0.2, 0.25) is 0 Å². The topological polar surface area (TPSA) is 51.1 Å². The van der Waals surface area contributed by atoms with E-state index in [1.165, 1.54) is 26.4 Å². The zero-order chi connectivity index (χ0) is 15.3. The van der Waals surface area contributed by atoms with E-state index in [1.54, 1.807) is 6.20 Å². The SMILES string of the molecule is COc1nc(N2CC3CCC(C3)C2)c2cnc(Cl)c(F)c2n1. The van der Waals surface area contributed by atoms with Crippen molar-refractivity contribution < 1.29 is 9.13 Å². The molecule has 1 saturated heterocycles. The largest absolute Gasteiger partial charge is 0.467 e. The van der Waals surface area contributed by atoms with E-state index in [4.69, 9.17) is 16.3 Å². The number of pyridine rings is 1. The molecule has 22 heavy (non-hydrogen) atoms. The van der Waals surface area contributed by atoms with Gasteiger partial charge >= 0.3 is 6.01 Å². The maximum absolute atomic E-state index is 14.3. The van der Waals surface area contributed by atoms with E-state index < -0.39 is 5.82 Å². The number of hydrogen-bond acceptors (Lipinski definition) is 5. The number of rotatable bonds is 2. The molecule has 0 radical (unpaired) electrons. The first-order chi connectivity index (χ1) is 10.7. The van der Waals surface area contributed by atoms with Gasteiger partial charge in [0.05, 0.1) is 12.5 Å². The molecule has 1 saturated carbocycles. The molecule has 3 heterocycles. The van der Waals surface area contributed by atoms with Crippen LogP contribution < -0.4 is 9.64 Å². The lowest BCUT2D eigenvalue weighted by Crippen LogP contribution is -2.37. The van der Waals surface area contributed by atoms with Crippen LogP contribution in [0.25, 0.3) is 10.9 Å². The minimum atomic E-state index is -0.624. The number of methoxy groups -OCH3 is 1. The third kappa shape index (κ3) is 2.17. The molecule has 116 valence electrons. The molecule has 4 rings (SSSR count). The molecule has 7 heteroatoms. The van der Waals surface area contributed by atoms with Crippen molar-refractivity contribution in [1.82, 2.24) is 15.0 Å². The highest BCUT2D eigenvalue weighted by molar-refractivity contribution is 6.30. The summed E-state index contributed by atoms with van der Waals surface area (Å²) in [5.41, 5.74) is 0.166. The van der Waals surface area contributed by atoms with E-state index >= 15 is 0 Å². The molecular weight excluding hydrogens is 307 g/mol. The summed E-state index contributed by atoms with van der Waals surface area (Å²) in [7, 11) is 1.48. The van der Waals surface area contributed by atoms with E-state index in [-0.39, 0.29) is 16.7 Å². The van der Waals surface area contributed by atoms with Gasteiger partial charge in [0.1, 0.15) is 11.3 Å². The van der Waals surface area contributed by atoms with Crippen LogP contribution in [0.1, 0.15) is 19.3 Å². The van der Waals surface area contributed by atoms with Gasteiger partial charge in [0, 0.05) is 19.3 Å². The second-order valence-electron chi connectivity index (χ2n) is 6.11. The summed E-state index contributed by atoms with van der Waals surface area (Å²) in [5, 5.41) is 0.405. The Bertz CT molecular complexity index is 729. The van der Waals surface area contributed by atoms with Crippen molar-refractivity contribution in [3.05, 3.63) is 17.2 Å². The Morgan fingerprint density at radius 1 is 1.27 bits per heavy atom. The minimum absolute atomic E-state index is 0.154. The van der Waals surface area contributed by atoms with E-state index in [0.29, 0.717) is 23.0 Å². The summed E-state index contributed by atoms with van der Waals surface area (Å²) >= 11 is 5.78. The highest BCUT2D eigenvalue weighted by Crippen LogP contribution is 2.39. The second kappa shape index (κ2) is 5.19. The van der Waals surface area contributed by atoms with Crippen LogP contribution >= 0.6 is 11.6 Å². The van der Waals surface area contributed by atoms with Crippen LogP contribution in [0.4, 0.5) is 10.2 Å². The molecule has 0 N–H and O–H groups in total. The summed E-state index contributed by atoms with van der Waals surface area (Å²) in [6, 6.07) is 0.154. The Morgan fingerprint density at radius 2 is 2.00 bits per heavy atom. The molecule has 1 aliphatic carbocycles. The van der Waals surface area contributed by atoms with Gasteiger partial charge in [0.15, 0.2) is 11.0 Å². The Morgan fingerprint density at radius 3 is 2.68 bits per heavy atom. The van der Waals surface area contributed by atoms with Crippen molar-refractivity contribution in [2.24, 2.45) is 11.8 Å². The molecule has 2 aromatic rings. The fourth-order valence-electron chi connectivity index (χ4n) is 3.71. The van der Waals surface area contributed by atoms with E-state index in [9.17, 15) is 4.39 Å². The molecule has 5 nitrogen and oxygen atoms in total. The quantitative estimate of drug-likeness (QED) is 0.795. The molecular formula is C15H16ClFN4O. The van der Waals surface area contributed by atoms with Crippen molar-refractivity contribution in [1.29, 1.82) is 0 Å². The van der Waals surface area contributed by atoms with Crippen molar-refractivity contribution in [3.63, 3.8) is 0 Å². The molecule has 2 fully saturated rings. The van der Waals surface area contributed by atoms with Gasteiger partial charge < -0.3 is 9.64 Å². The van der Waals surface area contributed by atoms with Gasteiger partial charge in [-0.15, -0.1) is 0 Å². The highest BCUT2D eigenvalue weighted by Gasteiger charge is 2.34. The normalized spacial score (nSPS) is 24.0. The molecule has 0 amide bonds. The highest BCUT2D eigenvalue weighted by atomic mass is 35.5. The smallest absolute Gasteiger partial charge is 0.318 e. The number of ether oxygens (including phenoxy) is 1. The van der Waals surface area contributed by atoms with E-state index in [2.05, 4.69) is 19.9 Å². The van der Waals surface area contributed by atoms with Crippen molar-refractivity contribution in [3.8, 4) is 6.01 Å². The average Bonchev–Trinajstić information content (AvgIpc) is 2.88. The number of hydrogen-bond donors (Lipinski definition) is 0. The summed E-state index contributed by atoms with van der Waals surface area (Å²) < 4.78 is 19.4. The van der Waals surface area contributed by atoms with Crippen LogP contribution in [0.15, 0.2) is 6.20 Å². The monoisotopic (exact) mass is 322 g/mol. The van der Waals surface area contributed by atoms with Crippen LogP contribution in [0.2, 0.25) is 5.15 Å². The first kappa shape index (κ1) is 13.9. The molecule has 2 aliphatic rings. The van der Waals surface area contributed by atoms with Crippen molar-refractivity contribution >= 4 is 28.3 Å². The zero-order valence-electron chi connectivity index (χ0n) is 12.2. The zero-order valence-corrected chi connectivity index (χ0v) is 13.0. The third-order valence-corrected chi connectivity index (χ3v) is 4.95. The minimum Gasteiger partial charge on any atom is -0.467 e. The Balaban J connectivity index is 1.87. The number of anilines is 1. The first-order valence-corrected chi connectivity index (χ1v) is 7.84. The Kier molecular flexibility index (Phi) is 3.29. The third-order valence-electron chi connectivity index (χ3n) is 4.69. The van der Waals surface area contributed by atoms with Gasteiger partial charge in [-0.25, -0.2) is 9.37 Å². The number of piperidine rings is 1. The van der Waals surface area contributed by atoms with Gasteiger partial charge in [-0.1, -0.05) is 11.6 Å². The number of halogens is 2. The van der Waals surface area contributed by atoms with Gasteiger partial charge in [-0.3, -0.25) is 0 Å². The maximum atomic E-state index is 14.3. The van der Waals surface area contributed by atoms with E-state index in [1.807, 2.05) is 0 Å². The molecule has 0 spiro atoms. The van der Waals surface area contributed by atoms with Crippen molar-refractivity contribution in [2.75, 3.05) is 25.1 Å². The molecule has 2 atom stereocenters. The van der Waals surface area contributed by atoms with Gasteiger partial charge in [-0.2, -0.15) is 9.97 Å². The second-order valence-corrected chi connectivity index (χ2v) is 6.47. The van der Waals surface area contributed by atoms with Crippen LogP contribution in [0.5, 0.6) is 6.01 Å². The number of nitrogens with zero attached hydrogens (tertiary/aromatic N) is 4. The maximum Gasteiger partial charge on any atom is 0.318 e. The van der Waals surface area contributed by atoms with Gasteiger partial charge in [-0.05, 0) is 31.1 Å². The summed E-state index contributed by atoms with van der Waals surface area (Å²) in [5.74, 6) is 1.46. The lowest BCUT2D eigenvalue weighted by Gasteiger charge is -2.33. The molecule has 2 aromatic heterocycles. The number of aromatic nitrogens is 3. The predicted octanol–water partition coefficient (Wildman–Crippen LogP) is 3.06. The fraction of sp³-hybridized carbons (Fsp3) is 0.533. The van der Waals surface area contributed by atoms with Crippen molar-refractivity contribution in [2.45, 2.75) is 19.3 Å². The predicted molar refractivity (Wildman–Crippen MR) is 81.9 cm³/mol. The standard InChI is InChI=1S/C15H16ClFN4O/c1-22-15-19-12-10(5-18-13(16)11(12)17)14(20-15)21-6-8-2-3-9(4-8)7-21/h5,8-9H,2-4,6-7H2,1H3. The Labute approximate surface area is 132 Å². The fourth-order valence-corrected chi connectivity index (χ4v) is 3.85.